The minimum Gasteiger partial charge on any atom is -0.361 e. The van der Waals surface area contributed by atoms with Gasteiger partial charge >= 0.3 is 6.01 Å². The van der Waals surface area contributed by atoms with Gasteiger partial charge in [0.25, 0.3) is 0 Å². The molecular weight excluding hydrogens is 188 g/mol. The van der Waals surface area contributed by atoms with Crippen LogP contribution in [0, 0.1) is 6.92 Å². The van der Waals surface area contributed by atoms with Crippen LogP contribution in [0.3, 0.4) is 0 Å². The number of aryl methyl sites for hydroxylation is 1. The van der Waals surface area contributed by atoms with Crippen molar-refractivity contribution in [2.75, 3.05) is 0 Å². The van der Waals surface area contributed by atoms with E-state index in [1.807, 2.05) is 20.8 Å². The van der Waals surface area contributed by atoms with Gasteiger partial charge < -0.3 is 4.18 Å². The average molecular weight is 200 g/mol. The average Bonchev–Trinajstić information content (AvgIpc) is 2.08. The molecule has 13 heavy (non-hydrogen) atoms. The summed E-state index contributed by atoms with van der Waals surface area (Å²) < 4.78 is 16.2. The first-order chi connectivity index (χ1) is 6.09. The number of hydrogen-bond acceptors (Lipinski definition) is 4. The summed E-state index contributed by atoms with van der Waals surface area (Å²) in [6.45, 7) is 5.50. The topological polar surface area (TPSA) is 52.1 Å². The van der Waals surface area contributed by atoms with Gasteiger partial charge in [-0.25, -0.2) is 14.2 Å². The first-order valence-electron chi connectivity index (χ1n) is 3.97. The molecule has 0 spiro atoms. The minimum absolute atomic E-state index is 0.0510. The Morgan fingerprint density at radius 1 is 1.38 bits per heavy atom. The van der Waals surface area contributed by atoms with E-state index in [-0.39, 0.29) is 11.3 Å². The van der Waals surface area contributed by atoms with Gasteiger partial charge in [-0.15, -0.1) is 0 Å². The largest absolute Gasteiger partial charge is 0.361 e. The summed E-state index contributed by atoms with van der Waals surface area (Å²) in [5, 5.41) is -0.0510. The summed E-state index contributed by atoms with van der Waals surface area (Å²) in [5.41, 5.74) is 0.947. The van der Waals surface area contributed by atoms with Crippen LogP contribution >= 0.6 is 0 Å². The van der Waals surface area contributed by atoms with Gasteiger partial charge in [0.1, 0.15) is 0 Å². The molecule has 0 saturated carbocycles. The van der Waals surface area contributed by atoms with Crippen molar-refractivity contribution in [3.63, 3.8) is 0 Å². The van der Waals surface area contributed by atoms with Crippen LogP contribution in [0.5, 0.6) is 6.01 Å². The molecule has 1 unspecified atom stereocenters. The summed E-state index contributed by atoms with van der Waals surface area (Å²) >= 11 is -1.35. The molecule has 0 aromatic carbocycles. The van der Waals surface area contributed by atoms with E-state index in [1.165, 1.54) is 0 Å². The van der Waals surface area contributed by atoms with Crippen LogP contribution in [-0.2, 0) is 11.1 Å². The van der Waals surface area contributed by atoms with Crippen LogP contribution in [0.2, 0.25) is 0 Å². The second-order valence-electron chi connectivity index (χ2n) is 2.94. The molecule has 72 valence electrons. The van der Waals surface area contributed by atoms with Crippen LogP contribution in [0.15, 0.2) is 12.4 Å². The molecule has 1 heterocycles. The molecule has 0 saturated heterocycles. The summed E-state index contributed by atoms with van der Waals surface area (Å²) in [6.07, 6.45) is 3.25. The van der Waals surface area contributed by atoms with Crippen molar-refractivity contribution in [3.05, 3.63) is 18.0 Å². The highest BCUT2D eigenvalue weighted by molar-refractivity contribution is 7.81. The van der Waals surface area contributed by atoms with Crippen molar-refractivity contribution in [2.24, 2.45) is 0 Å². The highest BCUT2D eigenvalue weighted by Gasteiger charge is 2.08. The maximum Gasteiger partial charge on any atom is 0.330 e. The van der Waals surface area contributed by atoms with Crippen molar-refractivity contribution in [2.45, 2.75) is 26.0 Å². The Kier molecular flexibility index (Phi) is 3.36. The highest BCUT2D eigenvalue weighted by atomic mass is 32.2. The van der Waals surface area contributed by atoms with E-state index >= 15 is 0 Å². The third-order valence-corrected chi connectivity index (χ3v) is 2.38. The zero-order valence-electron chi connectivity index (χ0n) is 7.85. The summed E-state index contributed by atoms with van der Waals surface area (Å²) in [5.74, 6) is 0. The Hall–Kier alpha value is -0.970. The second kappa shape index (κ2) is 4.32. The normalized spacial score (nSPS) is 12.9. The van der Waals surface area contributed by atoms with Gasteiger partial charge in [-0.2, -0.15) is 0 Å². The van der Waals surface area contributed by atoms with E-state index in [1.54, 1.807) is 12.4 Å². The SMILES string of the molecule is Cc1cnc(OS(=O)C(C)C)nc1. The lowest BCUT2D eigenvalue weighted by Gasteiger charge is -2.04. The monoisotopic (exact) mass is 200 g/mol. The minimum atomic E-state index is -1.35. The number of hydrogen-bond donors (Lipinski definition) is 0. The first-order valence-corrected chi connectivity index (χ1v) is 5.11. The molecule has 0 radical (unpaired) electrons. The Labute approximate surface area is 80.0 Å². The third-order valence-electron chi connectivity index (χ3n) is 1.30. The standard InChI is InChI=1S/C8H12N2O2S/c1-6(2)13(11)12-8-9-4-7(3)5-10-8/h4-6H,1-3H3. The molecule has 0 bridgehead atoms. The van der Waals surface area contributed by atoms with E-state index < -0.39 is 11.1 Å². The van der Waals surface area contributed by atoms with Crippen molar-refractivity contribution < 1.29 is 8.39 Å². The number of nitrogens with zero attached hydrogens (tertiary/aromatic N) is 2. The predicted molar refractivity (Wildman–Crippen MR) is 50.7 cm³/mol. The molecule has 4 nitrogen and oxygen atoms in total. The Bertz CT molecular complexity index is 298. The van der Waals surface area contributed by atoms with Crippen LogP contribution in [-0.4, -0.2) is 19.4 Å². The number of rotatable bonds is 3. The molecule has 5 heteroatoms. The molecule has 0 aliphatic heterocycles. The molecular formula is C8H12N2O2S. The van der Waals surface area contributed by atoms with E-state index in [9.17, 15) is 4.21 Å². The maximum atomic E-state index is 11.2. The van der Waals surface area contributed by atoms with E-state index in [0.29, 0.717) is 0 Å². The lowest BCUT2D eigenvalue weighted by molar-refractivity contribution is 0.519. The molecule has 1 aromatic rings. The van der Waals surface area contributed by atoms with Gasteiger partial charge in [0, 0.05) is 12.4 Å². The van der Waals surface area contributed by atoms with Crippen LogP contribution < -0.4 is 4.18 Å². The van der Waals surface area contributed by atoms with Crippen LogP contribution in [0.1, 0.15) is 19.4 Å². The molecule has 0 aliphatic carbocycles. The first kappa shape index (κ1) is 10.1. The van der Waals surface area contributed by atoms with Gasteiger partial charge in [0.05, 0.1) is 5.25 Å². The lowest BCUT2D eigenvalue weighted by Crippen LogP contribution is -2.13. The Morgan fingerprint density at radius 3 is 2.38 bits per heavy atom. The fraction of sp³-hybridized carbons (Fsp3) is 0.500. The Morgan fingerprint density at radius 2 is 1.92 bits per heavy atom. The zero-order chi connectivity index (χ0) is 9.84. The quantitative estimate of drug-likeness (QED) is 0.736. The second-order valence-corrected chi connectivity index (χ2v) is 4.57. The van der Waals surface area contributed by atoms with Crippen molar-refractivity contribution in [3.8, 4) is 6.01 Å². The maximum absolute atomic E-state index is 11.2. The summed E-state index contributed by atoms with van der Waals surface area (Å²) in [7, 11) is 0. The van der Waals surface area contributed by atoms with Gasteiger partial charge in [0.15, 0.2) is 0 Å². The fourth-order valence-corrected chi connectivity index (χ4v) is 1.02. The van der Waals surface area contributed by atoms with E-state index in [2.05, 4.69) is 9.97 Å². The molecule has 1 atom stereocenters. The molecule has 1 rings (SSSR count). The fourth-order valence-electron chi connectivity index (χ4n) is 0.593. The summed E-state index contributed by atoms with van der Waals surface area (Å²) in [4.78, 5) is 7.75. The molecule has 0 fully saturated rings. The van der Waals surface area contributed by atoms with E-state index in [0.717, 1.165) is 5.56 Å². The molecule has 0 aliphatic rings. The van der Waals surface area contributed by atoms with Crippen molar-refractivity contribution in [1.82, 2.24) is 9.97 Å². The molecule has 0 N–H and O–H groups in total. The third kappa shape index (κ3) is 3.10. The van der Waals surface area contributed by atoms with E-state index in [4.69, 9.17) is 4.18 Å². The lowest BCUT2D eigenvalue weighted by atomic mass is 10.4. The van der Waals surface area contributed by atoms with Crippen LogP contribution in [0.4, 0.5) is 0 Å². The molecule has 1 aromatic heterocycles. The Balaban J connectivity index is 2.65. The van der Waals surface area contributed by atoms with Gasteiger partial charge in [-0.3, -0.25) is 0 Å². The number of aromatic nitrogens is 2. The smallest absolute Gasteiger partial charge is 0.330 e. The highest BCUT2D eigenvalue weighted by Crippen LogP contribution is 2.05. The summed E-state index contributed by atoms with van der Waals surface area (Å²) in [6, 6.07) is 0.164. The van der Waals surface area contributed by atoms with Crippen molar-refractivity contribution in [1.29, 1.82) is 0 Å². The zero-order valence-corrected chi connectivity index (χ0v) is 8.67. The predicted octanol–water partition coefficient (Wildman–Crippen LogP) is 1.24. The van der Waals surface area contributed by atoms with Gasteiger partial charge in [-0.1, -0.05) is 0 Å². The van der Waals surface area contributed by atoms with Gasteiger partial charge in [0.2, 0.25) is 11.1 Å². The van der Waals surface area contributed by atoms with Gasteiger partial charge in [-0.05, 0) is 26.3 Å². The van der Waals surface area contributed by atoms with Crippen molar-refractivity contribution >= 4 is 11.1 Å². The molecule has 0 amide bonds. The van der Waals surface area contributed by atoms with Crippen LogP contribution in [0.25, 0.3) is 0 Å².